The van der Waals surface area contributed by atoms with Crippen LogP contribution in [0.5, 0.6) is 0 Å². The van der Waals surface area contributed by atoms with E-state index >= 15 is 0 Å². The summed E-state index contributed by atoms with van der Waals surface area (Å²) in [4.78, 5) is 0. The average Bonchev–Trinajstić information content (AvgIpc) is 1.14. The largest absolute Gasteiger partial charge is 0.412 e. The highest BCUT2D eigenvalue weighted by atomic mass is 32.3. The number of hydrogen-bond acceptors (Lipinski definition) is 4. The highest BCUT2D eigenvalue weighted by molar-refractivity contribution is 7.99. The van der Waals surface area contributed by atoms with Gasteiger partial charge in [-0.3, -0.25) is 9.11 Å². The van der Waals surface area contributed by atoms with Crippen LogP contribution in [0.3, 0.4) is 0 Å². The molecule has 0 aliphatic heterocycles. The highest BCUT2D eigenvalue weighted by Gasteiger charge is 2.12. The molecule has 10 heteroatoms. The fraction of sp³-hybridized carbons (Fsp3) is 0. The van der Waals surface area contributed by atoms with Gasteiger partial charge < -0.3 is 5.48 Å². The Morgan fingerprint density at radius 3 is 1.10 bits per heavy atom. The second kappa shape index (κ2) is 3.23. The molecule has 0 amide bonds. The third-order valence-electron chi connectivity index (χ3n) is 0.211. The molecule has 0 heterocycles. The van der Waals surface area contributed by atoms with Crippen molar-refractivity contribution in [3.8, 4) is 0 Å². The zero-order valence-electron chi connectivity index (χ0n) is 4.34. The Morgan fingerprint density at radius 2 is 1.10 bits per heavy atom. The molecule has 0 aromatic rings. The summed E-state index contributed by atoms with van der Waals surface area (Å²) in [6.45, 7) is 0. The van der Waals surface area contributed by atoms with Gasteiger partial charge >= 0.3 is 20.6 Å². The summed E-state index contributed by atoms with van der Waals surface area (Å²) in [5, 5.41) is 0. The van der Waals surface area contributed by atoms with Gasteiger partial charge in [0.1, 0.15) is 0 Å². The Bertz CT molecular complexity index is 237. The minimum Gasteiger partial charge on any atom is -0.412 e. The van der Waals surface area contributed by atoms with Crippen LogP contribution in [0.25, 0.3) is 0 Å². The summed E-state index contributed by atoms with van der Waals surface area (Å²) in [5.41, 5.74) is 0. The van der Waals surface area contributed by atoms with Crippen molar-refractivity contribution in [2.24, 2.45) is 0 Å². The van der Waals surface area contributed by atoms with Gasteiger partial charge in [0, 0.05) is 0 Å². The molecule has 5 N–H and O–H groups in total. The first-order valence-corrected chi connectivity index (χ1v) is 4.32. The summed E-state index contributed by atoms with van der Waals surface area (Å²) in [6, 6.07) is 0. The molecule has 0 aromatic heterocycles. The van der Waals surface area contributed by atoms with Crippen molar-refractivity contribution in [3.05, 3.63) is 0 Å². The molecule has 0 spiro atoms. The molecule has 0 saturated carbocycles. The standard InChI is InChI=1S/H3NO6S2.H2O/c2-8(3,4)1-9(5,6)7;/h1H,(H,2,3,4)(H,5,6,7);1H2. The van der Waals surface area contributed by atoms with Gasteiger partial charge in [-0.15, -0.1) is 0 Å². The summed E-state index contributed by atoms with van der Waals surface area (Å²) >= 11 is 0. The first kappa shape index (κ1) is 12.4. The van der Waals surface area contributed by atoms with Crippen LogP contribution < -0.4 is 4.13 Å². The summed E-state index contributed by atoms with van der Waals surface area (Å²) in [5.74, 6) is 0. The van der Waals surface area contributed by atoms with Crippen LogP contribution in [0.2, 0.25) is 0 Å². The molecule has 64 valence electrons. The Hall–Kier alpha value is -0.260. The molecule has 10 heavy (non-hydrogen) atoms. The van der Waals surface area contributed by atoms with Crippen molar-refractivity contribution in [2.45, 2.75) is 0 Å². The Labute approximate surface area is 56.9 Å². The van der Waals surface area contributed by atoms with Crippen LogP contribution in [-0.4, -0.2) is 31.4 Å². The lowest BCUT2D eigenvalue weighted by Crippen LogP contribution is -2.28. The van der Waals surface area contributed by atoms with E-state index in [1.165, 1.54) is 0 Å². The van der Waals surface area contributed by atoms with Gasteiger partial charge in [-0.25, -0.2) is 0 Å². The Kier molecular flexibility index (Phi) is 4.01. The molecule has 0 fully saturated rings. The van der Waals surface area contributed by atoms with Gasteiger partial charge in [0.25, 0.3) is 0 Å². The van der Waals surface area contributed by atoms with E-state index in [4.69, 9.17) is 9.11 Å². The third kappa shape index (κ3) is 10.7. The molecule has 0 aliphatic rings. The number of nitrogens with one attached hydrogen (secondary N) is 1. The normalized spacial score (nSPS) is 12.2. The van der Waals surface area contributed by atoms with E-state index in [0.717, 1.165) is 0 Å². The van der Waals surface area contributed by atoms with Gasteiger partial charge in [-0.05, 0) is 0 Å². The summed E-state index contributed by atoms with van der Waals surface area (Å²) in [6.07, 6.45) is 0. The second-order valence-corrected chi connectivity index (χ2v) is 3.60. The molecular weight excluding hydrogens is 190 g/mol. The first-order chi connectivity index (χ1) is 3.71. The summed E-state index contributed by atoms with van der Waals surface area (Å²) < 4.78 is 54.1. The van der Waals surface area contributed by atoms with Crippen LogP contribution in [0.4, 0.5) is 0 Å². The number of rotatable bonds is 2. The van der Waals surface area contributed by atoms with Crippen LogP contribution in [0.15, 0.2) is 0 Å². The smallest absolute Gasteiger partial charge is 0.348 e. The maximum atomic E-state index is 9.55. The molecular formula is H5NO7S2. The lowest BCUT2D eigenvalue weighted by molar-refractivity contribution is 0.456. The number of hydrogen-bond donors (Lipinski definition) is 3. The van der Waals surface area contributed by atoms with Gasteiger partial charge in [0.2, 0.25) is 0 Å². The quantitative estimate of drug-likeness (QED) is 0.409. The van der Waals surface area contributed by atoms with E-state index in [9.17, 15) is 16.8 Å². The molecule has 0 aliphatic carbocycles. The Morgan fingerprint density at radius 1 is 0.900 bits per heavy atom. The first-order valence-electron chi connectivity index (χ1n) is 1.44. The van der Waals surface area contributed by atoms with Crippen molar-refractivity contribution in [1.82, 2.24) is 4.13 Å². The molecule has 0 aromatic carbocycles. The van der Waals surface area contributed by atoms with Gasteiger partial charge in [0.15, 0.2) is 0 Å². The van der Waals surface area contributed by atoms with Crippen molar-refractivity contribution in [2.75, 3.05) is 0 Å². The topological polar surface area (TPSA) is 152 Å². The molecule has 0 radical (unpaired) electrons. The maximum Gasteiger partial charge on any atom is 0.348 e. The van der Waals surface area contributed by atoms with Crippen molar-refractivity contribution in [1.29, 1.82) is 0 Å². The highest BCUT2D eigenvalue weighted by Crippen LogP contribution is 1.77. The third-order valence-corrected chi connectivity index (χ3v) is 1.90. The molecule has 8 nitrogen and oxygen atoms in total. The van der Waals surface area contributed by atoms with Crippen LogP contribution in [0.1, 0.15) is 0 Å². The van der Waals surface area contributed by atoms with Gasteiger partial charge in [-0.1, -0.05) is 4.13 Å². The molecule has 0 unspecified atom stereocenters. The van der Waals surface area contributed by atoms with Crippen molar-refractivity contribution >= 4 is 20.6 Å². The predicted octanol–water partition coefficient (Wildman–Crippen LogP) is -2.64. The zero-order valence-corrected chi connectivity index (χ0v) is 5.98. The molecule has 0 atom stereocenters. The van der Waals surface area contributed by atoms with Crippen LogP contribution >= 0.6 is 0 Å². The minimum absolute atomic E-state index is 0. The van der Waals surface area contributed by atoms with E-state index in [1.54, 1.807) is 0 Å². The molecule has 0 bridgehead atoms. The van der Waals surface area contributed by atoms with Gasteiger partial charge in [-0.2, -0.15) is 16.8 Å². The van der Waals surface area contributed by atoms with E-state index in [1.807, 2.05) is 0 Å². The minimum atomic E-state index is -4.87. The van der Waals surface area contributed by atoms with Gasteiger partial charge in [0.05, 0.1) is 0 Å². The second-order valence-electron chi connectivity index (χ2n) is 1.03. The Balaban J connectivity index is 0. The lowest BCUT2D eigenvalue weighted by Gasteiger charge is -1.91. The van der Waals surface area contributed by atoms with E-state index < -0.39 is 20.6 Å². The van der Waals surface area contributed by atoms with E-state index in [2.05, 4.69) is 0 Å². The molecule has 0 saturated heterocycles. The maximum absolute atomic E-state index is 9.55. The van der Waals surface area contributed by atoms with Crippen LogP contribution in [-0.2, 0) is 20.6 Å². The van der Waals surface area contributed by atoms with E-state index in [0.29, 0.717) is 4.13 Å². The lowest BCUT2D eigenvalue weighted by atomic mass is 13.9. The van der Waals surface area contributed by atoms with Crippen molar-refractivity contribution < 1.29 is 31.4 Å². The summed E-state index contributed by atoms with van der Waals surface area (Å²) in [7, 11) is -9.74. The fourth-order valence-corrected chi connectivity index (χ4v) is 1.20. The van der Waals surface area contributed by atoms with Crippen LogP contribution in [0, 0.1) is 0 Å². The zero-order chi connectivity index (χ0) is 7.71. The average molecular weight is 195 g/mol. The van der Waals surface area contributed by atoms with Crippen molar-refractivity contribution in [3.63, 3.8) is 0 Å². The monoisotopic (exact) mass is 195 g/mol. The SMILES string of the molecule is O.O=S(=O)(O)NS(=O)(=O)O. The fourth-order valence-electron chi connectivity index (χ4n) is 0.133. The molecule has 0 rings (SSSR count). The van der Waals surface area contributed by atoms with E-state index in [-0.39, 0.29) is 5.48 Å². The predicted molar refractivity (Wildman–Crippen MR) is 29.8 cm³/mol.